The van der Waals surface area contributed by atoms with Crippen LogP contribution in [-0.2, 0) is 20.8 Å². The maximum atomic E-state index is 12.6. The minimum absolute atomic E-state index is 0.0545. The topological polar surface area (TPSA) is 51.7 Å². The number of rotatable bonds is 7. The fourth-order valence-corrected chi connectivity index (χ4v) is 3.09. The highest BCUT2D eigenvalue weighted by Gasteiger charge is 2.19. The van der Waals surface area contributed by atoms with Crippen LogP contribution < -0.4 is 4.90 Å². The molecule has 3 rings (SSSR count). The highest BCUT2D eigenvalue weighted by molar-refractivity contribution is 7.07. The van der Waals surface area contributed by atoms with Crippen molar-refractivity contribution in [2.45, 2.75) is 25.5 Å². The zero-order valence-corrected chi connectivity index (χ0v) is 13.7. The fourth-order valence-electron chi connectivity index (χ4n) is 2.54. The summed E-state index contributed by atoms with van der Waals surface area (Å²) in [7, 11) is 0. The molecule has 0 bridgehead atoms. The summed E-state index contributed by atoms with van der Waals surface area (Å²) < 4.78 is 11.1. The Balaban J connectivity index is 1.61. The maximum Gasteiger partial charge on any atom is 0.253 e. The predicted molar refractivity (Wildman–Crippen MR) is 89.5 cm³/mol. The summed E-state index contributed by atoms with van der Waals surface area (Å²) in [6, 6.07) is 9.62. The molecule has 0 saturated carbocycles. The third-order valence-corrected chi connectivity index (χ3v) is 4.36. The molecular weight excluding hydrogens is 312 g/mol. The first-order chi connectivity index (χ1) is 11.3. The molecule has 1 saturated heterocycles. The molecule has 1 aliphatic rings. The average Bonchev–Trinajstić information content (AvgIpc) is 3.27. The van der Waals surface area contributed by atoms with Gasteiger partial charge in [-0.2, -0.15) is 0 Å². The maximum absolute atomic E-state index is 12.6. The van der Waals surface area contributed by atoms with Crippen molar-refractivity contribution in [3.8, 4) is 0 Å². The Morgan fingerprint density at radius 2 is 2.26 bits per heavy atom. The lowest BCUT2D eigenvalue weighted by atomic mass is 10.2. The Kier molecular flexibility index (Phi) is 5.74. The molecule has 1 aromatic heterocycles. The largest absolute Gasteiger partial charge is 0.376 e. The molecule has 1 atom stereocenters. The molecule has 5 nitrogen and oxygen atoms in total. The van der Waals surface area contributed by atoms with E-state index in [0.717, 1.165) is 30.8 Å². The molecule has 2 heterocycles. The van der Waals surface area contributed by atoms with Crippen molar-refractivity contribution in [1.82, 2.24) is 4.98 Å². The molecule has 0 radical (unpaired) electrons. The molecule has 2 aromatic rings. The number of para-hydroxylation sites is 1. The standard InChI is InChI=1S/C17H20N2O3S/c20-17(11-21-10-16-7-4-8-22-16)19(9-14-12-23-13-18-14)15-5-2-1-3-6-15/h1-3,5-6,12-13,16H,4,7-11H2/t16-/m1/s1. The molecule has 0 unspecified atom stereocenters. The van der Waals surface area contributed by atoms with Crippen molar-refractivity contribution in [2.75, 3.05) is 24.7 Å². The van der Waals surface area contributed by atoms with Crippen molar-refractivity contribution in [3.63, 3.8) is 0 Å². The Morgan fingerprint density at radius 1 is 1.39 bits per heavy atom. The van der Waals surface area contributed by atoms with Crippen molar-refractivity contribution < 1.29 is 14.3 Å². The molecule has 122 valence electrons. The number of hydrogen-bond acceptors (Lipinski definition) is 5. The van der Waals surface area contributed by atoms with E-state index in [1.54, 1.807) is 10.4 Å². The van der Waals surface area contributed by atoms with Crippen LogP contribution in [-0.4, -0.2) is 36.8 Å². The Hall–Kier alpha value is -1.76. The van der Waals surface area contributed by atoms with Gasteiger partial charge in [-0.05, 0) is 25.0 Å². The van der Waals surface area contributed by atoms with Crippen LogP contribution in [0.3, 0.4) is 0 Å². The lowest BCUT2D eigenvalue weighted by Crippen LogP contribution is -2.34. The first kappa shape index (κ1) is 16.1. The predicted octanol–water partition coefficient (Wildman–Crippen LogP) is 2.87. The summed E-state index contributed by atoms with van der Waals surface area (Å²) in [4.78, 5) is 18.6. The number of thiazole rings is 1. The fraction of sp³-hybridized carbons (Fsp3) is 0.412. The van der Waals surface area contributed by atoms with Gasteiger partial charge in [-0.1, -0.05) is 18.2 Å². The average molecular weight is 332 g/mol. The van der Waals surface area contributed by atoms with Gasteiger partial charge in [-0.15, -0.1) is 11.3 Å². The van der Waals surface area contributed by atoms with Crippen LogP contribution in [0.25, 0.3) is 0 Å². The summed E-state index contributed by atoms with van der Waals surface area (Å²) in [5.74, 6) is -0.0674. The van der Waals surface area contributed by atoms with Crippen LogP contribution in [0.5, 0.6) is 0 Å². The number of benzene rings is 1. The molecule has 1 aromatic carbocycles. The van der Waals surface area contributed by atoms with Gasteiger partial charge in [0.05, 0.1) is 30.5 Å². The summed E-state index contributed by atoms with van der Waals surface area (Å²) in [6.45, 7) is 1.78. The lowest BCUT2D eigenvalue weighted by Gasteiger charge is -2.22. The van der Waals surface area contributed by atoms with E-state index in [1.165, 1.54) is 11.3 Å². The monoisotopic (exact) mass is 332 g/mol. The van der Waals surface area contributed by atoms with Crippen molar-refractivity contribution in [1.29, 1.82) is 0 Å². The quantitative estimate of drug-likeness (QED) is 0.782. The first-order valence-electron chi connectivity index (χ1n) is 7.75. The molecular formula is C17H20N2O3S. The van der Waals surface area contributed by atoms with Crippen molar-refractivity contribution in [2.24, 2.45) is 0 Å². The number of anilines is 1. The van der Waals surface area contributed by atoms with Crippen LogP contribution in [0.4, 0.5) is 5.69 Å². The minimum Gasteiger partial charge on any atom is -0.376 e. The molecule has 0 N–H and O–H groups in total. The van der Waals surface area contributed by atoms with Crippen LogP contribution in [0.1, 0.15) is 18.5 Å². The second kappa shape index (κ2) is 8.19. The Morgan fingerprint density at radius 3 is 2.96 bits per heavy atom. The normalized spacial score (nSPS) is 17.3. The first-order valence-corrected chi connectivity index (χ1v) is 8.69. The summed E-state index contributed by atoms with van der Waals surface area (Å²) >= 11 is 1.53. The number of nitrogens with zero attached hydrogens (tertiary/aromatic N) is 2. The second-order valence-electron chi connectivity index (χ2n) is 5.45. The minimum atomic E-state index is -0.0674. The number of ether oxygens (including phenoxy) is 2. The van der Waals surface area contributed by atoms with Gasteiger partial charge in [0.15, 0.2) is 0 Å². The zero-order chi connectivity index (χ0) is 15.9. The lowest BCUT2D eigenvalue weighted by molar-refractivity contribution is -0.124. The smallest absolute Gasteiger partial charge is 0.253 e. The zero-order valence-electron chi connectivity index (χ0n) is 12.9. The number of aromatic nitrogens is 1. The molecule has 0 aliphatic carbocycles. The van der Waals surface area contributed by atoms with Gasteiger partial charge < -0.3 is 14.4 Å². The summed E-state index contributed by atoms with van der Waals surface area (Å²) in [5, 5.41) is 1.95. The molecule has 1 amide bonds. The van der Waals surface area contributed by atoms with E-state index >= 15 is 0 Å². The van der Waals surface area contributed by atoms with Crippen LogP contribution >= 0.6 is 11.3 Å². The third-order valence-electron chi connectivity index (χ3n) is 3.73. The molecule has 1 fully saturated rings. The van der Waals surface area contributed by atoms with Crippen molar-refractivity contribution >= 4 is 22.9 Å². The second-order valence-corrected chi connectivity index (χ2v) is 6.16. The molecule has 6 heteroatoms. The van der Waals surface area contributed by atoms with E-state index in [1.807, 2.05) is 35.7 Å². The van der Waals surface area contributed by atoms with Gasteiger partial charge in [0.1, 0.15) is 6.61 Å². The van der Waals surface area contributed by atoms with E-state index in [2.05, 4.69) is 4.98 Å². The van der Waals surface area contributed by atoms with Gasteiger partial charge in [0, 0.05) is 17.7 Å². The van der Waals surface area contributed by atoms with E-state index in [4.69, 9.17) is 9.47 Å². The van der Waals surface area contributed by atoms with Gasteiger partial charge in [-0.25, -0.2) is 4.98 Å². The number of amides is 1. The Bertz CT molecular complexity index is 598. The number of carbonyl (C=O) groups excluding carboxylic acids is 1. The van der Waals surface area contributed by atoms with Gasteiger partial charge in [-0.3, -0.25) is 4.79 Å². The van der Waals surface area contributed by atoms with E-state index in [9.17, 15) is 4.79 Å². The van der Waals surface area contributed by atoms with Gasteiger partial charge in [0.2, 0.25) is 0 Å². The SMILES string of the molecule is O=C(COC[C@H]1CCCO1)N(Cc1cscn1)c1ccccc1. The highest BCUT2D eigenvalue weighted by atomic mass is 32.1. The van der Waals surface area contributed by atoms with E-state index in [-0.39, 0.29) is 18.6 Å². The van der Waals surface area contributed by atoms with Crippen molar-refractivity contribution in [3.05, 3.63) is 46.9 Å². The summed E-state index contributed by atoms with van der Waals surface area (Å²) in [6.07, 6.45) is 2.21. The Labute approximate surface area is 139 Å². The number of hydrogen-bond donors (Lipinski definition) is 0. The molecule has 1 aliphatic heterocycles. The van der Waals surface area contributed by atoms with Crippen LogP contribution in [0.15, 0.2) is 41.2 Å². The van der Waals surface area contributed by atoms with Crippen LogP contribution in [0.2, 0.25) is 0 Å². The van der Waals surface area contributed by atoms with Crippen LogP contribution in [0, 0.1) is 0 Å². The molecule has 0 spiro atoms. The highest BCUT2D eigenvalue weighted by Crippen LogP contribution is 2.18. The van der Waals surface area contributed by atoms with Gasteiger partial charge >= 0.3 is 0 Å². The van der Waals surface area contributed by atoms with E-state index < -0.39 is 0 Å². The van der Waals surface area contributed by atoms with E-state index in [0.29, 0.717) is 13.2 Å². The number of carbonyl (C=O) groups is 1. The van der Waals surface area contributed by atoms with Gasteiger partial charge in [0.25, 0.3) is 5.91 Å². The third kappa shape index (κ3) is 4.60. The summed E-state index contributed by atoms with van der Waals surface area (Å²) in [5.41, 5.74) is 3.51. The molecule has 23 heavy (non-hydrogen) atoms.